The number of anilines is 2. The van der Waals surface area contributed by atoms with E-state index in [1.807, 2.05) is 59.5 Å². The van der Waals surface area contributed by atoms with Gasteiger partial charge in [-0.15, -0.1) is 10.2 Å². The van der Waals surface area contributed by atoms with Gasteiger partial charge < -0.3 is 19.7 Å². The van der Waals surface area contributed by atoms with Gasteiger partial charge in [0.15, 0.2) is 17.3 Å². The van der Waals surface area contributed by atoms with E-state index in [4.69, 9.17) is 9.47 Å². The highest BCUT2D eigenvalue weighted by atomic mass is 16.6. The number of benzene rings is 2. The molecule has 1 saturated heterocycles. The number of fused-ring (bicyclic) bond motifs is 1. The van der Waals surface area contributed by atoms with Gasteiger partial charge in [0.05, 0.1) is 5.69 Å². The second-order valence-electron chi connectivity index (χ2n) is 7.36. The Morgan fingerprint density at radius 3 is 2.37 bits per heavy atom. The first-order valence-electron chi connectivity index (χ1n) is 10.2. The van der Waals surface area contributed by atoms with Crippen molar-refractivity contribution in [3.8, 4) is 22.8 Å². The molecule has 5 rings (SSSR count). The number of nitrogens with zero attached hydrogens (tertiary/aromatic N) is 3. The van der Waals surface area contributed by atoms with Crippen LogP contribution in [0.1, 0.15) is 23.2 Å². The molecule has 7 heteroatoms. The summed E-state index contributed by atoms with van der Waals surface area (Å²) in [5, 5.41) is 11.8. The first kappa shape index (κ1) is 18.4. The van der Waals surface area contributed by atoms with E-state index in [2.05, 4.69) is 15.5 Å². The summed E-state index contributed by atoms with van der Waals surface area (Å²) in [4.78, 5) is 14.4. The topological polar surface area (TPSA) is 76.6 Å². The SMILES string of the molecule is O=C(c1ccc(Nc2ccc(-c3ccc4c(c3)OCCO4)nn2)cc1)N1CCCC1. The summed E-state index contributed by atoms with van der Waals surface area (Å²) in [5.74, 6) is 2.21. The van der Waals surface area contributed by atoms with E-state index in [1.165, 1.54) is 0 Å². The van der Waals surface area contributed by atoms with E-state index >= 15 is 0 Å². The van der Waals surface area contributed by atoms with Crippen molar-refractivity contribution < 1.29 is 14.3 Å². The number of nitrogens with one attached hydrogen (secondary N) is 1. The molecule has 30 heavy (non-hydrogen) atoms. The van der Waals surface area contributed by atoms with Crippen molar-refractivity contribution in [2.45, 2.75) is 12.8 Å². The Balaban J connectivity index is 1.26. The minimum absolute atomic E-state index is 0.0997. The number of hydrogen-bond donors (Lipinski definition) is 1. The van der Waals surface area contributed by atoms with E-state index in [0.717, 1.165) is 54.4 Å². The van der Waals surface area contributed by atoms with Gasteiger partial charge in [-0.2, -0.15) is 0 Å². The van der Waals surface area contributed by atoms with Gasteiger partial charge >= 0.3 is 0 Å². The van der Waals surface area contributed by atoms with Crippen LogP contribution in [0.2, 0.25) is 0 Å². The molecule has 3 heterocycles. The molecule has 7 nitrogen and oxygen atoms in total. The third kappa shape index (κ3) is 3.78. The van der Waals surface area contributed by atoms with Gasteiger partial charge in [0.1, 0.15) is 13.2 Å². The lowest BCUT2D eigenvalue weighted by Crippen LogP contribution is -2.27. The zero-order valence-corrected chi connectivity index (χ0v) is 16.5. The van der Waals surface area contributed by atoms with Crippen LogP contribution < -0.4 is 14.8 Å². The van der Waals surface area contributed by atoms with Gasteiger partial charge in [0, 0.05) is 29.9 Å². The minimum Gasteiger partial charge on any atom is -0.486 e. The molecule has 0 spiro atoms. The summed E-state index contributed by atoms with van der Waals surface area (Å²) in [6, 6.07) is 17.0. The molecule has 2 aliphatic rings. The number of likely N-dealkylation sites (tertiary alicyclic amines) is 1. The van der Waals surface area contributed by atoms with Gasteiger partial charge in [0.25, 0.3) is 5.91 Å². The van der Waals surface area contributed by atoms with Crippen molar-refractivity contribution in [3.05, 3.63) is 60.2 Å². The van der Waals surface area contributed by atoms with Crippen LogP contribution in [0.3, 0.4) is 0 Å². The number of carbonyl (C=O) groups excluding carboxylic acids is 1. The minimum atomic E-state index is 0.0997. The summed E-state index contributed by atoms with van der Waals surface area (Å²) < 4.78 is 11.2. The van der Waals surface area contributed by atoms with E-state index in [0.29, 0.717) is 24.6 Å². The van der Waals surface area contributed by atoms with Crippen molar-refractivity contribution in [1.29, 1.82) is 0 Å². The average Bonchev–Trinajstić information content (AvgIpc) is 3.34. The summed E-state index contributed by atoms with van der Waals surface area (Å²) in [7, 11) is 0. The molecule has 0 radical (unpaired) electrons. The van der Waals surface area contributed by atoms with Crippen molar-refractivity contribution >= 4 is 17.4 Å². The molecule has 1 N–H and O–H groups in total. The second-order valence-corrected chi connectivity index (χ2v) is 7.36. The summed E-state index contributed by atoms with van der Waals surface area (Å²) in [6.45, 7) is 2.82. The molecule has 1 aromatic heterocycles. The monoisotopic (exact) mass is 402 g/mol. The molecular weight excluding hydrogens is 380 g/mol. The predicted octanol–water partition coefficient (Wildman–Crippen LogP) is 3.89. The smallest absolute Gasteiger partial charge is 0.253 e. The fourth-order valence-corrected chi connectivity index (χ4v) is 3.70. The Morgan fingerprint density at radius 2 is 1.63 bits per heavy atom. The molecular formula is C23H22N4O3. The van der Waals surface area contributed by atoms with Crippen LogP contribution in [0.4, 0.5) is 11.5 Å². The highest BCUT2D eigenvalue weighted by Crippen LogP contribution is 2.34. The molecule has 1 fully saturated rings. The maximum atomic E-state index is 12.4. The number of hydrogen-bond acceptors (Lipinski definition) is 6. The zero-order valence-electron chi connectivity index (χ0n) is 16.5. The third-order valence-electron chi connectivity index (χ3n) is 5.30. The van der Waals surface area contributed by atoms with Crippen LogP contribution >= 0.6 is 0 Å². The van der Waals surface area contributed by atoms with Crippen LogP contribution in [0.5, 0.6) is 11.5 Å². The van der Waals surface area contributed by atoms with E-state index in [-0.39, 0.29) is 5.91 Å². The Hall–Kier alpha value is -3.61. The summed E-state index contributed by atoms with van der Waals surface area (Å²) in [6.07, 6.45) is 2.18. The molecule has 152 valence electrons. The van der Waals surface area contributed by atoms with Gasteiger partial charge in [-0.05, 0) is 67.4 Å². The molecule has 1 amide bonds. The number of amides is 1. The highest BCUT2D eigenvalue weighted by Gasteiger charge is 2.19. The largest absolute Gasteiger partial charge is 0.486 e. The van der Waals surface area contributed by atoms with Crippen molar-refractivity contribution in [2.75, 3.05) is 31.6 Å². The number of carbonyl (C=O) groups is 1. The molecule has 0 atom stereocenters. The highest BCUT2D eigenvalue weighted by molar-refractivity contribution is 5.94. The Labute approximate surface area is 174 Å². The number of aromatic nitrogens is 2. The third-order valence-corrected chi connectivity index (χ3v) is 5.30. The van der Waals surface area contributed by atoms with Crippen LogP contribution in [-0.2, 0) is 0 Å². The Bertz CT molecular complexity index is 1050. The van der Waals surface area contributed by atoms with Crippen LogP contribution in [-0.4, -0.2) is 47.3 Å². The van der Waals surface area contributed by atoms with Crippen LogP contribution in [0.15, 0.2) is 54.6 Å². The second kappa shape index (κ2) is 8.02. The Kier molecular flexibility index (Phi) is 4.93. The van der Waals surface area contributed by atoms with Gasteiger partial charge in [-0.3, -0.25) is 4.79 Å². The fourth-order valence-electron chi connectivity index (χ4n) is 3.70. The quantitative estimate of drug-likeness (QED) is 0.713. The van der Waals surface area contributed by atoms with Crippen LogP contribution in [0, 0.1) is 0 Å². The number of rotatable bonds is 4. The fraction of sp³-hybridized carbons (Fsp3) is 0.261. The summed E-state index contributed by atoms with van der Waals surface area (Å²) in [5.41, 5.74) is 3.24. The lowest BCUT2D eigenvalue weighted by molar-refractivity contribution is 0.0793. The molecule has 0 bridgehead atoms. The lowest BCUT2D eigenvalue weighted by atomic mass is 10.1. The van der Waals surface area contributed by atoms with Gasteiger partial charge in [0.2, 0.25) is 0 Å². The molecule has 0 saturated carbocycles. The average molecular weight is 402 g/mol. The van der Waals surface area contributed by atoms with E-state index in [9.17, 15) is 4.79 Å². The van der Waals surface area contributed by atoms with Crippen molar-refractivity contribution in [3.63, 3.8) is 0 Å². The Morgan fingerprint density at radius 1 is 0.867 bits per heavy atom. The standard InChI is InChI=1S/C23H22N4O3/c28-23(27-11-1-2-12-27)16-3-6-18(7-4-16)24-22-10-8-19(25-26-22)17-5-9-20-21(15-17)30-14-13-29-20/h3-10,15H,1-2,11-14H2,(H,24,26). The first-order valence-corrected chi connectivity index (χ1v) is 10.2. The maximum Gasteiger partial charge on any atom is 0.253 e. The normalized spacial score (nSPS) is 15.1. The molecule has 0 aliphatic carbocycles. The van der Waals surface area contributed by atoms with E-state index in [1.54, 1.807) is 0 Å². The molecule has 3 aromatic rings. The molecule has 2 aliphatic heterocycles. The maximum absolute atomic E-state index is 12.4. The lowest BCUT2D eigenvalue weighted by Gasteiger charge is -2.18. The molecule has 0 unspecified atom stereocenters. The van der Waals surface area contributed by atoms with Gasteiger partial charge in [-0.25, -0.2) is 0 Å². The first-order chi connectivity index (χ1) is 14.8. The van der Waals surface area contributed by atoms with E-state index < -0.39 is 0 Å². The van der Waals surface area contributed by atoms with Crippen molar-refractivity contribution in [2.24, 2.45) is 0 Å². The zero-order chi connectivity index (χ0) is 20.3. The molecule has 2 aromatic carbocycles. The summed E-state index contributed by atoms with van der Waals surface area (Å²) >= 11 is 0. The van der Waals surface area contributed by atoms with Crippen molar-refractivity contribution in [1.82, 2.24) is 15.1 Å². The number of ether oxygens (including phenoxy) is 2. The van der Waals surface area contributed by atoms with Gasteiger partial charge in [-0.1, -0.05) is 0 Å². The van der Waals surface area contributed by atoms with Crippen LogP contribution in [0.25, 0.3) is 11.3 Å². The predicted molar refractivity (Wildman–Crippen MR) is 113 cm³/mol.